The Labute approximate surface area is 114 Å². The summed E-state index contributed by atoms with van der Waals surface area (Å²) in [5.74, 6) is 2.04. The van der Waals surface area contributed by atoms with Gasteiger partial charge in [-0.3, -0.25) is 4.79 Å². The summed E-state index contributed by atoms with van der Waals surface area (Å²) >= 11 is 3.23. The minimum atomic E-state index is -0.0723. The highest BCUT2D eigenvalue weighted by atomic mass is 79.9. The third-order valence-electron chi connectivity index (χ3n) is 2.64. The zero-order valence-electron chi connectivity index (χ0n) is 10.5. The van der Waals surface area contributed by atoms with Crippen LogP contribution in [0.2, 0.25) is 0 Å². The number of amides is 1. The molecule has 0 radical (unpaired) electrons. The molecule has 0 saturated heterocycles. The standard InChI is InChI=1S/C13H14BrNO3/c1-8-6-11(9(2)17-8)13(16)15(3)7-10-4-5-12(14)18-10/h4-6H,7H2,1-3H3. The number of rotatable bonds is 3. The number of hydrogen-bond acceptors (Lipinski definition) is 3. The van der Waals surface area contributed by atoms with E-state index in [-0.39, 0.29) is 5.91 Å². The molecule has 0 aliphatic heterocycles. The van der Waals surface area contributed by atoms with Gasteiger partial charge in [0.1, 0.15) is 17.3 Å². The molecule has 0 atom stereocenters. The summed E-state index contributed by atoms with van der Waals surface area (Å²) < 4.78 is 11.4. The zero-order valence-corrected chi connectivity index (χ0v) is 12.1. The van der Waals surface area contributed by atoms with Gasteiger partial charge in [0.05, 0.1) is 12.1 Å². The number of nitrogens with zero attached hydrogens (tertiary/aromatic N) is 1. The average Bonchev–Trinajstić information content (AvgIpc) is 2.84. The Morgan fingerprint density at radius 2 is 2.06 bits per heavy atom. The highest BCUT2D eigenvalue weighted by molar-refractivity contribution is 9.10. The number of carbonyl (C=O) groups excluding carboxylic acids is 1. The molecule has 0 aliphatic rings. The van der Waals surface area contributed by atoms with Crippen LogP contribution in [0.15, 0.2) is 31.7 Å². The van der Waals surface area contributed by atoms with Crippen LogP contribution in [-0.2, 0) is 6.54 Å². The Morgan fingerprint density at radius 3 is 2.56 bits per heavy atom. The van der Waals surface area contributed by atoms with E-state index >= 15 is 0 Å². The monoisotopic (exact) mass is 311 g/mol. The lowest BCUT2D eigenvalue weighted by molar-refractivity contribution is 0.0773. The predicted molar refractivity (Wildman–Crippen MR) is 70.4 cm³/mol. The van der Waals surface area contributed by atoms with Crippen molar-refractivity contribution in [2.75, 3.05) is 7.05 Å². The summed E-state index contributed by atoms with van der Waals surface area (Å²) in [6.45, 7) is 4.04. The van der Waals surface area contributed by atoms with Crippen molar-refractivity contribution in [2.45, 2.75) is 20.4 Å². The second-order valence-corrected chi connectivity index (χ2v) is 4.98. The lowest BCUT2D eigenvalue weighted by Crippen LogP contribution is -2.26. The summed E-state index contributed by atoms with van der Waals surface area (Å²) in [5.41, 5.74) is 0.598. The highest BCUT2D eigenvalue weighted by Gasteiger charge is 2.18. The van der Waals surface area contributed by atoms with Gasteiger partial charge < -0.3 is 13.7 Å². The molecule has 1 amide bonds. The van der Waals surface area contributed by atoms with E-state index in [1.54, 1.807) is 31.0 Å². The summed E-state index contributed by atoms with van der Waals surface area (Å²) in [6, 6.07) is 5.40. The smallest absolute Gasteiger partial charge is 0.257 e. The maximum atomic E-state index is 12.2. The van der Waals surface area contributed by atoms with E-state index in [0.717, 1.165) is 11.5 Å². The Bertz CT molecular complexity index is 571. The molecule has 2 rings (SSSR count). The van der Waals surface area contributed by atoms with E-state index in [4.69, 9.17) is 8.83 Å². The van der Waals surface area contributed by atoms with Crippen LogP contribution in [0.1, 0.15) is 27.6 Å². The van der Waals surface area contributed by atoms with Crippen LogP contribution in [0.4, 0.5) is 0 Å². The van der Waals surface area contributed by atoms with Crippen LogP contribution in [0.25, 0.3) is 0 Å². The topological polar surface area (TPSA) is 46.6 Å². The molecule has 0 fully saturated rings. The van der Waals surface area contributed by atoms with Gasteiger partial charge in [-0.25, -0.2) is 0 Å². The van der Waals surface area contributed by atoms with Gasteiger partial charge in [0.2, 0.25) is 0 Å². The first-order valence-corrected chi connectivity index (χ1v) is 6.33. The van der Waals surface area contributed by atoms with Gasteiger partial charge in [-0.1, -0.05) is 0 Å². The quantitative estimate of drug-likeness (QED) is 0.871. The molecule has 0 aromatic carbocycles. The third-order valence-corrected chi connectivity index (χ3v) is 3.07. The van der Waals surface area contributed by atoms with Crippen molar-refractivity contribution in [1.29, 1.82) is 0 Å². The average molecular weight is 312 g/mol. The number of hydrogen-bond donors (Lipinski definition) is 0. The van der Waals surface area contributed by atoms with E-state index in [1.807, 2.05) is 13.0 Å². The van der Waals surface area contributed by atoms with E-state index in [0.29, 0.717) is 22.5 Å². The van der Waals surface area contributed by atoms with Crippen molar-refractivity contribution in [1.82, 2.24) is 4.90 Å². The fourth-order valence-electron chi connectivity index (χ4n) is 1.79. The zero-order chi connectivity index (χ0) is 13.3. The molecule has 2 heterocycles. The third kappa shape index (κ3) is 2.67. The van der Waals surface area contributed by atoms with E-state index in [9.17, 15) is 4.79 Å². The summed E-state index contributed by atoms with van der Waals surface area (Å²) in [7, 11) is 1.74. The van der Waals surface area contributed by atoms with E-state index in [2.05, 4.69) is 15.9 Å². The molecule has 2 aromatic rings. The Morgan fingerprint density at radius 1 is 1.33 bits per heavy atom. The molecule has 4 nitrogen and oxygen atoms in total. The van der Waals surface area contributed by atoms with Crippen molar-refractivity contribution in [3.8, 4) is 0 Å². The van der Waals surface area contributed by atoms with Gasteiger partial charge in [-0.15, -0.1) is 0 Å². The summed E-state index contributed by atoms with van der Waals surface area (Å²) in [5, 5.41) is 0. The number of aryl methyl sites for hydroxylation is 2. The SMILES string of the molecule is Cc1cc(C(=O)N(C)Cc2ccc(Br)o2)c(C)o1. The number of carbonyl (C=O) groups is 1. The molecule has 96 valence electrons. The summed E-state index contributed by atoms with van der Waals surface area (Å²) in [6.07, 6.45) is 0. The first-order valence-electron chi connectivity index (χ1n) is 5.54. The predicted octanol–water partition coefficient (Wildman–Crippen LogP) is 3.52. The van der Waals surface area contributed by atoms with Crippen LogP contribution in [-0.4, -0.2) is 17.9 Å². The second-order valence-electron chi connectivity index (χ2n) is 4.19. The first-order chi connectivity index (χ1) is 8.47. The first kappa shape index (κ1) is 13.0. The number of furan rings is 2. The molecule has 18 heavy (non-hydrogen) atoms. The van der Waals surface area contributed by atoms with Crippen LogP contribution < -0.4 is 0 Å². The Hall–Kier alpha value is -1.49. The molecule has 0 saturated carbocycles. The van der Waals surface area contributed by atoms with Crippen LogP contribution >= 0.6 is 15.9 Å². The fraction of sp³-hybridized carbons (Fsp3) is 0.308. The van der Waals surface area contributed by atoms with Gasteiger partial charge in [0.25, 0.3) is 5.91 Å². The minimum Gasteiger partial charge on any atom is -0.466 e. The molecular formula is C13H14BrNO3. The van der Waals surface area contributed by atoms with Gasteiger partial charge in [-0.2, -0.15) is 0 Å². The molecule has 0 N–H and O–H groups in total. The molecule has 0 unspecified atom stereocenters. The Balaban J connectivity index is 2.11. The molecule has 0 aliphatic carbocycles. The van der Waals surface area contributed by atoms with Crippen LogP contribution in [0, 0.1) is 13.8 Å². The molecule has 2 aromatic heterocycles. The minimum absolute atomic E-state index is 0.0723. The molecule has 5 heteroatoms. The maximum absolute atomic E-state index is 12.2. The van der Waals surface area contributed by atoms with Gasteiger partial charge in [0.15, 0.2) is 4.67 Å². The van der Waals surface area contributed by atoms with Crippen LogP contribution in [0.3, 0.4) is 0 Å². The summed E-state index contributed by atoms with van der Waals surface area (Å²) in [4.78, 5) is 13.8. The largest absolute Gasteiger partial charge is 0.466 e. The van der Waals surface area contributed by atoms with Crippen molar-refractivity contribution >= 4 is 21.8 Å². The number of halogens is 1. The van der Waals surface area contributed by atoms with E-state index in [1.165, 1.54) is 0 Å². The van der Waals surface area contributed by atoms with Gasteiger partial charge in [-0.05, 0) is 48.0 Å². The molecule has 0 spiro atoms. The van der Waals surface area contributed by atoms with E-state index < -0.39 is 0 Å². The highest BCUT2D eigenvalue weighted by Crippen LogP contribution is 2.18. The van der Waals surface area contributed by atoms with Crippen molar-refractivity contribution in [3.63, 3.8) is 0 Å². The Kier molecular flexibility index (Phi) is 3.61. The maximum Gasteiger partial charge on any atom is 0.257 e. The van der Waals surface area contributed by atoms with Crippen molar-refractivity contribution < 1.29 is 13.6 Å². The van der Waals surface area contributed by atoms with Crippen molar-refractivity contribution in [3.05, 3.63) is 45.7 Å². The van der Waals surface area contributed by atoms with Crippen molar-refractivity contribution in [2.24, 2.45) is 0 Å². The second kappa shape index (κ2) is 5.02. The molecular weight excluding hydrogens is 298 g/mol. The van der Waals surface area contributed by atoms with Crippen LogP contribution in [0.5, 0.6) is 0 Å². The normalized spacial score (nSPS) is 10.7. The lowest BCUT2D eigenvalue weighted by Gasteiger charge is -2.14. The fourth-order valence-corrected chi connectivity index (χ4v) is 2.13. The van der Waals surface area contributed by atoms with Gasteiger partial charge in [0, 0.05) is 7.05 Å². The van der Waals surface area contributed by atoms with Gasteiger partial charge >= 0.3 is 0 Å². The lowest BCUT2D eigenvalue weighted by atomic mass is 10.2. The molecule has 0 bridgehead atoms.